The van der Waals surface area contributed by atoms with Crippen molar-refractivity contribution >= 4 is 42.1 Å². The molecule has 2 aromatic rings. The zero-order valence-electron chi connectivity index (χ0n) is 30.6. The molecule has 1 heterocycles. The van der Waals surface area contributed by atoms with E-state index in [1.807, 2.05) is 0 Å². The Kier molecular flexibility index (Phi) is 13.2. The summed E-state index contributed by atoms with van der Waals surface area (Å²) in [7, 11) is -1.23. The van der Waals surface area contributed by atoms with E-state index in [9.17, 15) is 37.4 Å². The van der Waals surface area contributed by atoms with Gasteiger partial charge < -0.3 is 47.1 Å². The predicted octanol–water partition coefficient (Wildman–Crippen LogP) is 2.71. The number of amides is 4. The zero-order chi connectivity index (χ0) is 39.3. The first kappa shape index (κ1) is 41.6. The van der Waals surface area contributed by atoms with E-state index >= 15 is 0 Å². The van der Waals surface area contributed by atoms with Crippen LogP contribution in [0.15, 0.2) is 42.5 Å². The van der Waals surface area contributed by atoms with Crippen LogP contribution in [0.4, 0.5) is 23.7 Å². The van der Waals surface area contributed by atoms with Gasteiger partial charge in [-0.1, -0.05) is 18.2 Å². The summed E-state index contributed by atoms with van der Waals surface area (Å²) >= 11 is 0. The second-order valence-corrected chi connectivity index (χ2v) is 15.3. The number of ether oxygens (including phenoxy) is 1. The molecule has 0 spiro atoms. The summed E-state index contributed by atoms with van der Waals surface area (Å²) in [5.41, 5.74) is 11.6. The third-order valence-electron chi connectivity index (χ3n) is 9.09. The van der Waals surface area contributed by atoms with Crippen LogP contribution in [0, 0.1) is 0 Å². The van der Waals surface area contributed by atoms with E-state index in [-0.39, 0.29) is 49.7 Å². The Balaban J connectivity index is 1.53. The van der Waals surface area contributed by atoms with E-state index in [1.54, 1.807) is 52.8 Å². The maximum absolute atomic E-state index is 13.8. The highest BCUT2D eigenvalue weighted by Crippen LogP contribution is 2.31. The Labute approximate surface area is 307 Å². The standard InChI is InChI=1S/C36H50BF3N6O7/c1-34(2,3)52-33(50)46-29(14-15-30(47)43-25-17-22(41)16-23(42)18-25)32(49)45-28(13-8-20-6-9-21(10-7-20)36(38,39)40)31(48)44-24-11-12-26-27(19-24)37(51)53-35(26,4)5/h6-7,9-12,19,22-23,25,28-29,51H,8,13-18,41-42H2,1-5H3,(H,43,47)(H,44,48)(H,45,49)(H,46,50)/t22-,23+,25-,28-,29+/m1/s1. The Morgan fingerprint density at radius 1 is 0.943 bits per heavy atom. The summed E-state index contributed by atoms with van der Waals surface area (Å²) in [6.07, 6.45) is -4.00. The molecule has 1 fully saturated rings. The molecule has 1 aliphatic heterocycles. The van der Waals surface area contributed by atoms with Crippen LogP contribution in [0.3, 0.4) is 0 Å². The van der Waals surface area contributed by atoms with Gasteiger partial charge in [0.2, 0.25) is 17.7 Å². The number of aryl methyl sites for hydroxylation is 1. The molecule has 0 radical (unpaired) electrons. The van der Waals surface area contributed by atoms with Crippen molar-refractivity contribution in [2.45, 2.75) is 127 Å². The minimum Gasteiger partial charge on any atom is -0.444 e. The van der Waals surface area contributed by atoms with Gasteiger partial charge in [0.05, 0.1) is 11.2 Å². The Bertz CT molecular complexity index is 1630. The number of carbonyl (C=O) groups excluding carboxylic acids is 4. The van der Waals surface area contributed by atoms with Crippen LogP contribution in [0.5, 0.6) is 0 Å². The van der Waals surface area contributed by atoms with E-state index in [0.29, 0.717) is 36.0 Å². The topological polar surface area (TPSA) is 207 Å². The van der Waals surface area contributed by atoms with Gasteiger partial charge in [-0.2, -0.15) is 13.2 Å². The summed E-state index contributed by atoms with van der Waals surface area (Å²) in [5, 5.41) is 21.2. The van der Waals surface area contributed by atoms with Gasteiger partial charge in [-0.3, -0.25) is 14.4 Å². The van der Waals surface area contributed by atoms with Crippen LogP contribution in [0.25, 0.3) is 0 Å². The molecular formula is C36H50BF3N6O7. The van der Waals surface area contributed by atoms with Gasteiger partial charge in [0.25, 0.3) is 0 Å². The molecule has 0 aromatic heterocycles. The smallest absolute Gasteiger partial charge is 0.444 e. The van der Waals surface area contributed by atoms with Crippen LogP contribution in [0.2, 0.25) is 0 Å². The summed E-state index contributed by atoms with van der Waals surface area (Å²) in [4.78, 5) is 53.4. The summed E-state index contributed by atoms with van der Waals surface area (Å²) in [6.45, 7) is 8.50. The minimum absolute atomic E-state index is 0.0471. The van der Waals surface area contributed by atoms with Crippen LogP contribution >= 0.6 is 0 Å². The van der Waals surface area contributed by atoms with Gasteiger partial charge in [-0.15, -0.1) is 0 Å². The fourth-order valence-electron chi connectivity index (χ4n) is 6.56. The van der Waals surface area contributed by atoms with Crippen molar-refractivity contribution in [3.63, 3.8) is 0 Å². The summed E-state index contributed by atoms with van der Waals surface area (Å²) < 4.78 is 50.4. The molecule has 0 saturated heterocycles. The first-order chi connectivity index (χ1) is 24.6. The monoisotopic (exact) mass is 746 g/mol. The van der Waals surface area contributed by atoms with Crippen molar-refractivity contribution < 1.29 is 46.8 Å². The fraction of sp³-hybridized carbons (Fsp3) is 0.556. The van der Waals surface area contributed by atoms with E-state index in [4.69, 9.17) is 20.9 Å². The second kappa shape index (κ2) is 16.9. The number of nitrogens with two attached hydrogens (primary N) is 2. The number of hydrogen-bond donors (Lipinski definition) is 7. The van der Waals surface area contributed by atoms with E-state index in [1.165, 1.54) is 12.1 Å². The van der Waals surface area contributed by atoms with Gasteiger partial charge in [0.15, 0.2) is 0 Å². The van der Waals surface area contributed by atoms with Crippen LogP contribution in [-0.2, 0) is 42.0 Å². The van der Waals surface area contributed by atoms with Crippen molar-refractivity contribution in [3.05, 3.63) is 59.2 Å². The van der Waals surface area contributed by atoms with Gasteiger partial charge in [0, 0.05) is 30.2 Å². The number of nitrogens with one attached hydrogen (secondary N) is 4. The SMILES string of the molecule is CC(C)(C)OC(=O)N[C@@H](CCC(=O)N[C@@H]1C[C@H](N)C[C@H](N)C1)C(=O)N[C@H](CCc1ccc(C(F)(F)F)cc1)C(=O)Nc1ccc2c(c1)B(O)OC2(C)C. The second-order valence-electron chi connectivity index (χ2n) is 15.3. The Morgan fingerprint density at radius 3 is 2.17 bits per heavy atom. The maximum atomic E-state index is 13.8. The minimum atomic E-state index is -4.53. The third-order valence-corrected chi connectivity index (χ3v) is 9.09. The quantitative estimate of drug-likeness (QED) is 0.159. The average Bonchev–Trinajstić information content (AvgIpc) is 3.26. The zero-order valence-corrected chi connectivity index (χ0v) is 30.6. The first-order valence-corrected chi connectivity index (χ1v) is 17.7. The molecule has 4 rings (SSSR count). The van der Waals surface area contributed by atoms with Crippen molar-refractivity contribution in [2.24, 2.45) is 11.5 Å². The van der Waals surface area contributed by atoms with Crippen LogP contribution < -0.4 is 38.2 Å². The lowest BCUT2D eigenvalue weighted by Gasteiger charge is -2.31. The van der Waals surface area contributed by atoms with Gasteiger partial charge in [-0.05, 0) is 114 Å². The normalized spacial score (nSPS) is 20.8. The molecule has 1 aliphatic carbocycles. The number of benzene rings is 2. The van der Waals surface area contributed by atoms with E-state index in [0.717, 1.165) is 17.7 Å². The summed E-state index contributed by atoms with van der Waals surface area (Å²) in [5.74, 6) is -1.85. The van der Waals surface area contributed by atoms with Gasteiger partial charge in [0.1, 0.15) is 17.7 Å². The highest BCUT2D eigenvalue weighted by Gasteiger charge is 2.41. The van der Waals surface area contributed by atoms with E-state index in [2.05, 4.69) is 21.3 Å². The van der Waals surface area contributed by atoms with Crippen molar-refractivity contribution in [2.75, 3.05) is 5.32 Å². The number of fused-ring (bicyclic) bond motifs is 1. The number of halogens is 3. The molecule has 0 bridgehead atoms. The molecule has 290 valence electrons. The van der Waals surface area contributed by atoms with Gasteiger partial charge in [-0.25, -0.2) is 4.79 Å². The molecule has 0 unspecified atom stereocenters. The van der Waals surface area contributed by atoms with Gasteiger partial charge >= 0.3 is 19.4 Å². The molecule has 53 heavy (non-hydrogen) atoms. The lowest BCUT2D eigenvalue weighted by molar-refractivity contribution is -0.137. The van der Waals surface area contributed by atoms with Crippen molar-refractivity contribution in [1.82, 2.24) is 16.0 Å². The van der Waals surface area contributed by atoms with Crippen LogP contribution in [-0.4, -0.2) is 71.8 Å². The molecule has 1 saturated carbocycles. The van der Waals surface area contributed by atoms with Crippen LogP contribution in [0.1, 0.15) is 89.8 Å². The Hall–Kier alpha value is -4.19. The molecular weight excluding hydrogens is 696 g/mol. The number of carbonyl (C=O) groups is 4. The average molecular weight is 747 g/mol. The lowest BCUT2D eigenvalue weighted by Crippen LogP contribution is -2.54. The summed E-state index contributed by atoms with van der Waals surface area (Å²) in [6, 6.07) is 6.19. The molecule has 13 nitrogen and oxygen atoms in total. The highest BCUT2D eigenvalue weighted by molar-refractivity contribution is 6.62. The number of hydrogen-bond acceptors (Lipinski definition) is 9. The maximum Gasteiger partial charge on any atom is 0.492 e. The Morgan fingerprint density at radius 2 is 1.57 bits per heavy atom. The molecule has 2 aromatic carbocycles. The molecule has 5 atom stereocenters. The highest BCUT2D eigenvalue weighted by atomic mass is 19.4. The predicted molar refractivity (Wildman–Crippen MR) is 193 cm³/mol. The number of rotatable bonds is 12. The van der Waals surface area contributed by atoms with Crippen molar-refractivity contribution in [3.8, 4) is 0 Å². The molecule has 17 heteroatoms. The molecule has 2 aliphatic rings. The fourth-order valence-corrected chi connectivity index (χ4v) is 6.56. The molecule has 9 N–H and O–H groups in total. The lowest BCUT2D eigenvalue weighted by atomic mass is 9.78. The third kappa shape index (κ3) is 12.2. The number of anilines is 1. The first-order valence-electron chi connectivity index (χ1n) is 17.7. The number of alkyl halides is 3. The van der Waals surface area contributed by atoms with E-state index < -0.39 is 60.1 Å². The number of alkyl carbamates (subject to hydrolysis) is 1. The largest absolute Gasteiger partial charge is 0.492 e. The molecule has 4 amide bonds. The van der Waals surface area contributed by atoms with Crippen molar-refractivity contribution in [1.29, 1.82) is 0 Å².